The molecule has 0 heterocycles. The van der Waals surface area contributed by atoms with Gasteiger partial charge >= 0.3 is 8.25 Å². The number of Topliss-reactive ketones (excluding diaryl/α,β-unsaturated/α-hetero) is 4. The van der Waals surface area contributed by atoms with E-state index in [1.165, 1.54) is 23.5 Å². The quantitative estimate of drug-likeness (QED) is 0.0950. The van der Waals surface area contributed by atoms with Gasteiger partial charge in [-0.3, -0.25) is 19.2 Å². The molecular formula is C42H62O9PS2+. The van der Waals surface area contributed by atoms with Gasteiger partial charge in [0, 0.05) is 36.6 Å². The number of carbonyl (C=O) groups excluding carboxylic acids is 4. The predicted molar refractivity (Wildman–Crippen MR) is 220 cm³/mol. The Labute approximate surface area is 332 Å². The van der Waals surface area contributed by atoms with Gasteiger partial charge in [0.2, 0.25) is 0 Å². The maximum Gasteiger partial charge on any atom is 0.698 e. The average molecular weight is 806 g/mol. The molecule has 0 aromatic heterocycles. The molecule has 2 rings (SSSR count). The first-order valence-electron chi connectivity index (χ1n) is 18.1. The van der Waals surface area contributed by atoms with Gasteiger partial charge in [-0.1, -0.05) is 83.1 Å². The third-order valence-electron chi connectivity index (χ3n) is 8.87. The van der Waals surface area contributed by atoms with Crippen molar-refractivity contribution in [3.05, 3.63) is 46.5 Å². The number of carbonyl (C=O) groups is 4. The normalized spacial score (nSPS) is 13.2. The van der Waals surface area contributed by atoms with E-state index in [9.17, 15) is 34.0 Å². The Balaban J connectivity index is 1.98. The average Bonchev–Trinajstić information content (AvgIpc) is 2.97. The van der Waals surface area contributed by atoms with Crippen molar-refractivity contribution in [1.82, 2.24) is 0 Å². The lowest BCUT2D eigenvalue weighted by molar-refractivity contribution is -0.129. The Morgan fingerprint density at radius 3 is 0.981 bits per heavy atom. The van der Waals surface area contributed by atoms with E-state index in [0.717, 1.165) is 32.0 Å². The molecular weight excluding hydrogens is 744 g/mol. The van der Waals surface area contributed by atoms with Crippen molar-refractivity contribution in [1.29, 1.82) is 0 Å². The fourth-order valence-corrected chi connectivity index (χ4v) is 8.33. The molecule has 2 aromatic carbocycles. The first kappa shape index (κ1) is 47.6. The van der Waals surface area contributed by atoms with E-state index in [1.54, 1.807) is 27.7 Å². The van der Waals surface area contributed by atoms with Crippen molar-refractivity contribution in [2.75, 3.05) is 13.2 Å². The molecule has 0 unspecified atom stereocenters. The number of rotatable bonds is 16. The number of aromatic hydroxyl groups is 2. The van der Waals surface area contributed by atoms with E-state index in [-0.39, 0.29) is 44.7 Å². The van der Waals surface area contributed by atoms with Crippen LogP contribution in [-0.2, 0) is 54.5 Å². The van der Waals surface area contributed by atoms with Crippen molar-refractivity contribution < 1.29 is 43.0 Å². The van der Waals surface area contributed by atoms with Crippen LogP contribution in [0.3, 0.4) is 0 Å². The lowest BCUT2D eigenvalue weighted by atomic mass is 9.79. The summed E-state index contributed by atoms with van der Waals surface area (Å²) in [6, 6.07) is 7.53. The minimum Gasteiger partial charge on any atom is -0.507 e. The highest BCUT2D eigenvalue weighted by molar-refractivity contribution is 8.01. The molecule has 0 saturated heterocycles. The third-order valence-corrected chi connectivity index (χ3v) is 12.0. The van der Waals surface area contributed by atoms with Gasteiger partial charge in [-0.05, 0) is 73.6 Å². The Bertz CT molecular complexity index is 1570. The summed E-state index contributed by atoms with van der Waals surface area (Å²) in [7, 11) is -2.87. The van der Waals surface area contributed by atoms with Crippen LogP contribution in [0.2, 0.25) is 0 Å². The first-order chi connectivity index (χ1) is 24.2. The van der Waals surface area contributed by atoms with Gasteiger partial charge in [0.05, 0.1) is 22.3 Å². The van der Waals surface area contributed by atoms with E-state index in [0.29, 0.717) is 0 Å². The molecule has 54 heavy (non-hydrogen) atoms. The zero-order chi connectivity index (χ0) is 42.0. The topological polar surface area (TPSA) is 144 Å². The van der Waals surface area contributed by atoms with Crippen LogP contribution < -0.4 is 0 Å². The Kier molecular flexibility index (Phi) is 15.2. The molecule has 0 fully saturated rings. The lowest BCUT2D eigenvalue weighted by Gasteiger charge is -2.30. The second-order valence-corrected chi connectivity index (χ2v) is 23.4. The van der Waals surface area contributed by atoms with Crippen LogP contribution in [0, 0.1) is 0 Å². The summed E-state index contributed by atoms with van der Waals surface area (Å²) in [5.41, 5.74) is 1.65. The van der Waals surface area contributed by atoms with Gasteiger partial charge in [0.25, 0.3) is 0 Å². The predicted octanol–water partition coefficient (Wildman–Crippen LogP) is 10.5. The van der Waals surface area contributed by atoms with E-state index in [1.807, 2.05) is 107 Å². The fraction of sp³-hybridized carbons (Fsp3) is 0.619. The molecule has 0 amide bonds. The molecule has 9 nitrogen and oxygen atoms in total. The summed E-state index contributed by atoms with van der Waals surface area (Å²) in [5.74, 6) is -1.44. The highest BCUT2D eigenvalue weighted by atomic mass is 32.2. The first-order valence-corrected chi connectivity index (χ1v) is 20.9. The molecule has 0 aliphatic heterocycles. The van der Waals surface area contributed by atoms with E-state index in [2.05, 4.69) is 0 Å². The number of ketones is 4. The molecule has 0 aliphatic carbocycles. The van der Waals surface area contributed by atoms with Crippen molar-refractivity contribution in [2.45, 2.75) is 165 Å². The number of phenols is 2. The standard InChI is InChI=1S/C42H61O9PS2/c1-37(2,3)29-19-27(20-30(35(29)47)38(4,5)6)53-41(13,14)33(45)17-25(43)23-50-52(49)51-24-26(44)18-34(46)42(15,16)54-28-21-31(39(7,8)9)36(48)32(22-28)40(10,11)12/h19-22H,17-18,23-24H2,1-16H3,(H-,47,48)/p+1. The summed E-state index contributed by atoms with van der Waals surface area (Å²) in [4.78, 5) is 53.5. The van der Waals surface area contributed by atoms with Crippen molar-refractivity contribution in [3.8, 4) is 11.5 Å². The number of benzene rings is 2. The summed E-state index contributed by atoms with van der Waals surface area (Å²) in [6.45, 7) is 29.7. The van der Waals surface area contributed by atoms with Crippen LogP contribution in [0.5, 0.6) is 11.5 Å². The van der Waals surface area contributed by atoms with Crippen molar-refractivity contribution in [3.63, 3.8) is 0 Å². The van der Waals surface area contributed by atoms with Gasteiger partial charge in [-0.2, -0.15) is 0 Å². The zero-order valence-electron chi connectivity index (χ0n) is 35.2. The second-order valence-electron chi connectivity index (χ2n) is 19.0. The largest absolute Gasteiger partial charge is 0.698 e. The number of phenolic OH excluding ortho intramolecular Hbond substituents is 2. The van der Waals surface area contributed by atoms with Gasteiger partial charge in [0.1, 0.15) is 11.5 Å². The highest BCUT2D eigenvalue weighted by Crippen LogP contribution is 2.46. The van der Waals surface area contributed by atoms with Crippen LogP contribution in [0.1, 0.15) is 146 Å². The molecule has 2 N–H and O–H groups in total. The second kappa shape index (κ2) is 17.3. The molecule has 0 saturated carbocycles. The summed E-state index contributed by atoms with van der Waals surface area (Å²) in [6.07, 6.45) is -0.926. The third kappa shape index (κ3) is 13.3. The maximum absolute atomic E-state index is 13.3. The molecule has 0 bridgehead atoms. The van der Waals surface area contributed by atoms with Crippen molar-refractivity contribution >= 4 is 54.9 Å². The summed E-state index contributed by atoms with van der Waals surface area (Å²) < 4.78 is 20.4. The fourth-order valence-electron chi connectivity index (χ4n) is 5.50. The Morgan fingerprint density at radius 1 is 0.519 bits per heavy atom. The minimum atomic E-state index is -2.87. The Hall–Kier alpha value is -2.56. The molecule has 2 aromatic rings. The van der Waals surface area contributed by atoms with Crippen LogP contribution >= 0.6 is 31.8 Å². The monoisotopic (exact) mass is 805 g/mol. The van der Waals surface area contributed by atoms with E-state index in [4.69, 9.17) is 9.05 Å². The SMILES string of the molecule is CC(C)(Sc1cc(C(C)(C)C)c(O)c(C(C)(C)C)c1)C(=O)CC(=O)CO[P+](=O)OCC(=O)CC(=O)C(C)(C)Sc1cc(C(C)(C)C)c(O)c(C(C)(C)C)c1. The molecule has 0 radical (unpaired) electrons. The van der Waals surface area contributed by atoms with Gasteiger partial charge in [-0.15, -0.1) is 32.6 Å². The molecule has 0 aliphatic rings. The van der Waals surface area contributed by atoms with Crippen molar-refractivity contribution in [2.24, 2.45) is 0 Å². The molecule has 300 valence electrons. The van der Waals surface area contributed by atoms with Gasteiger partial charge < -0.3 is 10.2 Å². The highest BCUT2D eigenvalue weighted by Gasteiger charge is 2.36. The van der Waals surface area contributed by atoms with E-state index >= 15 is 0 Å². The van der Waals surface area contributed by atoms with Crippen LogP contribution in [0.4, 0.5) is 0 Å². The lowest BCUT2D eigenvalue weighted by Crippen LogP contribution is -2.31. The minimum absolute atomic E-state index is 0.235. The number of hydrogen-bond donors (Lipinski definition) is 2. The maximum atomic E-state index is 13.3. The zero-order valence-corrected chi connectivity index (χ0v) is 37.7. The van der Waals surface area contributed by atoms with Crippen LogP contribution in [0.15, 0.2) is 34.1 Å². The van der Waals surface area contributed by atoms with Gasteiger partial charge in [0.15, 0.2) is 36.3 Å². The summed E-state index contributed by atoms with van der Waals surface area (Å²) in [5, 5.41) is 22.1. The van der Waals surface area contributed by atoms with Crippen LogP contribution in [-0.4, -0.2) is 56.1 Å². The summed E-state index contributed by atoms with van der Waals surface area (Å²) >= 11 is 2.60. The molecule has 0 spiro atoms. The van der Waals surface area contributed by atoms with E-state index < -0.39 is 55.4 Å². The number of thioether (sulfide) groups is 2. The number of hydrogen-bond acceptors (Lipinski definition) is 11. The Morgan fingerprint density at radius 2 is 0.759 bits per heavy atom. The molecule has 12 heteroatoms. The smallest absolute Gasteiger partial charge is 0.507 e. The van der Waals surface area contributed by atoms with Gasteiger partial charge in [-0.25, -0.2) is 0 Å². The molecule has 0 atom stereocenters. The van der Waals surface area contributed by atoms with Crippen LogP contribution in [0.25, 0.3) is 0 Å².